The summed E-state index contributed by atoms with van der Waals surface area (Å²) in [6.07, 6.45) is 2.98. The third-order valence-electron chi connectivity index (χ3n) is 2.34. The molecule has 0 aliphatic heterocycles. The van der Waals surface area contributed by atoms with Gasteiger partial charge in [0, 0.05) is 5.56 Å². The second kappa shape index (κ2) is 3.82. The SMILES string of the molecule is Fc1ccc(-n2cnnn2)c(-c2ccco2)c1. The summed E-state index contributed by atoms with van der Waals surface area (Å²) in [6, 6.07) is 7.83. The molecule has 0 bridgehead atoms. The first-order chi connectivity index (χ1) is 8.34. The van der Waals surface area contributed by atoms with E-state index in [1.54, 1.807) is 18.2 Å². The van der Waals surface area contributed by atoms with Crippen LogP contribution in [0.1, 0.15) is 0 Å². The van der Waals surface area contributed by atoms with Crippen LogP contribution in [0.2, 0.25) is 0 Å². The van der Waals surface area contributed by atoms with Crippen LogP contribution in [0.5, 0.6) is 0 Å². The summed E-state index contributed by atoms with van der Waals surface area (Å²) < 4.78 is 20.0. The van der Waals surface area contributed by atoms with E-state index in [-0.39, 0.29) is 5.82 Å². The van der Waals surface area contributed by atoms with Crippen molar-refractivity contribution in [3.05, 3.63) is 48.7 Å². The smallest absolute Gasteiger partial charge is 0.143 e. The van der Waals surface area contributed by atoms with Gasteiger partial charge in [-0.25, -0.2) is 4.39 Å². The number of halogens is 1. The molecule has 0 atom stereocenters. The summed E-state index contributed by atoms with van der Waals surface area (Å²) in [5, 5.41) is 10.9. The lowest BCUT2D eigenvalue weighted by Crippen LogP contribution is -1.98. The van der Waals surface area contributed by atoms with E-state index in [0.717, 1.165) is 0 Å². The van der Waals surface area contributed by atoms with Crippen molar-refractivity contribution in [1.29, 1.82) is 0 Å². The molecule has 17 heavy (non-hydrogen) atoms. The number of benzene rings is 1. The minimum atomic E-state index is -0.340. The lowest BCUT2D eigenvalue weighted by atomic mass is 10.1. The fraction of sp³-hybridized carbons (Fsp3) is 0. The minimum Gasteiger partial charge on any atom is -0.464 e. The van der Waals surface area contributed by atoms with E-state index in [1.807, 2.05) is 0 Å². The summed E-state index contributed by atoms with van der Waals surface area (Å²) in [5.74, 6) is 0.225. The third-order valence-corrected chi connectivity index (χ3v) is 2.34. The zero-order valence-electron chi connectivity index (χ0n) is 8.62. The fourth-order valence-corrected chi connectivity index (χ4v) is 1.61. The summed E-state index contributed by atoms with van der Waals surface area (Å²) >= 11 is 0. The van der Waals surface area contributed by atoms with Crippen molar-refractivity contribution < 1.29 is 8.81 Å². The monoisotopic (exact) mass is 230 g/mol. The van der Waals surface area contributed by atoms with Crippen LogP contribution in [0.15, 0.2) is 47.3 Å². The van der Waals surface area contributed by atoms with Gasteiger partial charge >= 0.3 is 0 Å². The lowest BCUT2D eigenvalue weighted by molar-refractivity contribution is 0.579. The molecule has 0 N–H and O–H groups in total. The van der Waals surface area contributed by atoms with Gasteiger partial charge in [-0.1, -0.05) is 0 Å². The minimum absolute atomic E-state index is 0.340. The Balaban J connectivity index is 2.22. The molecule has 0 saturated heterocycles. The number of furan rings is 1. The van der Waals surface area contributed by atoms with Crippen LogP contribution in [0.25, 0.3) is 17.0 Å². The van der Waals surface area contributed by atoms with E-state index in [1.165, 1.54) is 29.4 Å². The Morgan fingerprint density at radius 3 is 2.88 bits per heavy atom. The number of aromatic nitrogens is 4. The van der Waals surface area contributed by atoms with E-state index in [0.29, 0.717) is 17.0 Å². The Hall–Kier alpha value is -2.50. The molecule has 6 heteroatoms. The zero-order valence-corrected chi connectivity index (χ0v) is 8.62. The van der Waals surface area contributed by atoms with Crippen molar-refractivity contribution >= 4 is 0 Å². The average Bonchev–Trinajstić information content (AvgIpc) is 3.02. The zero-order chi connectivity index (χ0) is 11.7. The quantitative estimate of drug-likeness (QED) is 0.676. The molecule has 0 aliphatic carbocycles. The Morgan fingerprint density at radius 2 is 2.18 bits per heavy atom. The fourth-order valence-electron chi connectivity index (χ4n) is 1.61. The van der Waals surface area contributed by atoms with Crippen LogP contribution in [-0.2, 0) is 0 Å². The molecule has 84 valence electrons. The highest BCUT2D eigenvalue weighted by atomic mass is 19.1. The van der Waals surface area contributed by atoms with Crippen molar-refractivity contribution in [3.8, 4) is 17.0 Å². The van der Waals surface area contributed by atoms with Crippen LogP contribution in [0.4, 0.5) is 4.39 Å². The predicted octanol–water partition coefficient (Wildman–Crippen LogP) is 2.06. The summed E-state index contributed by atoms with van der Waals surface area (Å²) in [4.78, 5) is 0. The molecule has 0 fully saturated rings. The van der Waals surface area contributed by atoms with Crippen LogP contribution >= 0.6 is 0 Å². The lowest BCUT2D eigenvalue weighted by Gasteiger charge is -2.05. The Morgan fingerprint density at radius 1 is 1.24 bits per heavy atom. The molecule has 5 nitrogen and oxygen atoms in total. The van der Waals surface area contributed by atoms with E-state index < -0.39 is 0 Å². The first-order valence-electron chi connectivity index (χ1n) is 4.91. The number of hydrogen-bond donors (Lipinski definition) is 0. The van der Waals surface area contributed by atoms with Gasteiger partial charge in [0.2, 0.25) is 0 Å². The van der Waals surface area contributed by atoms with E-state index in [2.05, 4.69) is 15.5 Å². The molecule has 0 amide bonds. The maximum Gasteiger partial charge on any atom is 0.143 e. The van der Waals surface area contributed by atoms with Gasteiger partial charge in [0.05, 0.1) is 12.0 Å². The van der Waals surface area contributed by atoms with E-state index in [9.17, 15) is 4.39 Å². The van der Waals surface area contributed by atoms with Crippen molar-refractivity contribution in [2.75, 3.05) is 0 Å². The Bertz CT molecular complexity index is 619. The standard InChI is InChI=1S/C11H7FN4O/c12-8-3-4-10(16-7-13-14-15-16)9(6-8)11-2-1-5-17-11/h1-7H. The van der Waals surface area contributed by atoms with Crippen molar-refractivity contribution in [2.24, 2.45) is 0 Å². The summed E-state index contributed by atoms with van der Waals surface area (Å²) in [6.45, 7) is 0. The maximum atomic E-state index is 13.3. The van der Waals surface area contributed by atoms with E-state index in [4.69, 9.17) is 4.42 Å². The van der Waals surface area contributed by atoms with Gasteiger partial charge in [0.25, 0.3) is 0 Å². The summed E-state index contributed by atoms with van der Waals surface area (Å²) in [5.41, 5.74) is 1.26. The van der Waals surface area contributed by atoms with Gasteiger partial charge in [0.1, 0.15) is 17.9 Å². The normalized spacial score (nSPS) is 10.6. The van der Waals surface area contributed by atoms with Crippen molar-refractivity contribution in [1.82, 2.24) is 20.2 Å². The molecule has 0 saturated carbocycles. The van der Waals surface area contributed by atoms with Crippen LogP contribution in [0, 0.1) is 5.82 Å². The topological polar surface area (TPSA) is 56.7 Å². The molecule has 0 aliphatic rings. The van der Waals surface area contributed by atoms with Crippen molar-refractivity contribution in [2.45, 2.75) is 0 Å². The van der Waals surface area contributed by atoms with Crippen LogP contribution in [-0.4, -0.2) is 20.2 Å². The molecule has 0 unspecified atom stereocenters. The van der Waals surface area contributed by atoms with Crippen LogP contribution in [0.3, 0.4) is 0 Å². The molecule has 3 aromatic rings. The molecule has 2 heterocycles. The first-order valence-corrected chi connectivity index (χ1v) is 4.91. The maximum absolute atomic E-state index is 13.3. The predicted molar refractivity (Wildman–Crippen MR) is 56.8 cm³/mol. The first kappa shape index (κ1) is 9.71. The number of rotatable bonds is 2. The Kier molecular flexibility index (Phi) is 2.18. The molecule has 2 aromatic heterocycles. The largest absolute Gasteiger partial charge is 0.464 e. The number of tetrazole rings is 1. The number of hydrogen-bond acceptors (Lipinski definition) is 4. The Labute approximate surface area is 95.5 Å². The van der Waals surface area contributed by atoms with Gasteiger partial charge in [-0.05, 0) is 40.8 Å². The van der Waals surface area contributed by atoms with E-state index >= 15 is 0 Å². The number of nitrogens with zero attached hydrogens (tertiary/aromatic N) is 4. The van der Waals surface area contributed by atoms with Gasteiger partial charge in [-0.2, -0.15) is 4.68 Å². The van der Waals surface area contributed by atoms with Crippen LogP contribution < -0.4 is 0 Å². The van der Waals surface area contributed by atoms with Crippen molar-refractivity contribution in [3.63, 3.8) is 0 Å². The second-order valence-electron chi connectivity index (χ2n) is 3.39. The van der Waals surface area contributed by atoms with Gasteiger partial charge in [-0.15, -0.1) is 5.10 Å². The van der Waals surface area contributed by atoms with Gasteiger partial charge in [0.15, 0.2) is 0 Å². The molecule has 0 radical (unpaired) electrons. The summed E-state index contributed by atoms with van der Waals surface area (Å²) in [7, 11) is 0. The highest BCUT2D eigenvalue weighted by Crippen LogP contribution is 2.27. The molecule has 3 rings (SSSR count). The molecular weight excluding hydrogens is 223 g/mol. The second-order valence-corrected chi connectivity index (χ2v) is 3.39. The third kappa shape index (κ3) is 1.69. The molecular formula is C11H7FN4O. The van der Waals surface area contributed by atoms with Gasteiger partial charge < -0.3 is 4.42 Å². The highest BCUT2D eigenvalue weighted by Gasteiger charge is 2.11. The highest BCUT2D eigenvalue weighted by molar-refractivity contribution is 5.68. The average molecular weight is 230 g/mol. The molecule has 0 spiro atoms. The molecule has 1 aromatic carbocycles. The van der Waals surface area contributed by atoms with Gasteiger partial charge in [-0.3, -0.25) is 0 Å².